The summed E-state index contributed by atoms with van der Waals surface area (Å²) >= 11 is 0. The maximum atomic E-state index is 12.7. The van der Waals surface area contributed by atoms with Crippen LogP contribution in [0.5, 0.6) is 0 Å². The number of carboxylic acid groups (broad SMARTS) is 1. The van der Waals surface area contributed by atoms with Crippen LogP contribution in [0.4, 0.5) is 13.2 Å². The molecule has 0 aromatic heterocycles. The number of rotatable bonds is 6. The molecule has 0 radical (unpaired) electrons. The first-order valence-electron chi connectivity index (χ1n) is 6.32. The van der Waals surface area contributed by atoms with Gasteiger partial charge in [0.05, 0.1) is 25.2 Å². The van der Waals surface area contributed by atoms with Gasteiger partial charge in [-0.25, -0.2) is 0 Å². The second-order valence-electron chi connectivity index (χ2n) is 4.77. The zero-order valence-electron chi connectivity index (χ0n) is 11.1. The molecule has 114 valence electrons. The van der Waals surface area contributed by atoms with Gasteiger partial charge in [-0.15, -0.1) is 0 Å². The quantitative estimate of drug-likeness (QED) is 0.803. The highest BCUT2D eigenvalue weighted by molar-refractivity contribution is 5.71. The van der Waals surface area contributed by atoms with Gasteiger partial charge in [0.15, 0.2) is 5.92 Å². The van der Waals surface area contributed by atoms with E-state index < -0.39 is 36.6 Å². The van der Waals surface area contributed by atoms with Crippen molar-refractivity contribution >= 4 is 5.97 Å². The maximum Gasteiger partial charge on any atom is 0.405 e. The predicted molar refractivity (Wildman–Crippen MR) is 62.8 cm³/mol. The highest BCUT2D eigenvalue weighted by Gasteiger charge is 2.44. The van der Waals surface area contributed by atoms with Gasteiger partial charge in [-0.2, -0.15) is 18.4 Å². The van der Waals surface area contributed by atoms with Gasteiger partial charge in [0, 0.05) is 12.6 Å². The number of hydrogen-bond acceptors (Lipinski definition) is 4. The highest BCUT2D eigenvalue weighted by atomic mass is 19.4. The van der Waals surface area contributed by atoms with E-state index in [2.05, 4.69) is 0 Å². The van der Waals surface area contributed by atoms with Gasteiger partial charge < -0.3 is 9.84 Å². The molecule has 0 spiro atoms. The van der Waals surface area contributed by atoms with Crippen LogP contribution in [0, 0.1) is 23.2 Å². The van der Waals surface area contributed by atoms with Crippen molar-refractivity contribution in [3.05, 3.63) is 0 Å². The van der Waals surface area contributed by atoms with Crippen LogP contribution >= 0.6 is 0 Å². The summed E-state index contributed by atoms with van der Waals surface area (Å²) in [7, 11) is 0. The van der Waals surface area contributed by atoms with Crippen molar-refractivity contribution in [2.45, 2.75) is 25.6 Å². The van der Waals surface area contributed by atoms with Gasteiger partial charge in [0.25, 0.3) is 0 Å². The molecule has 0 amide bonds. The Morgan fingerprint density at radius 2 is 2.20 bits per heavy atom. The lowest BCUT2D eigenvalue weighted by Gasteiger charge is -2.31. The highest BCUT2D eigenvalue weighted by Crippen LogP contribution is 2.29. The van der Waals surface area contributed by atoms with Gasteiger partial charge >= 0.3 is 12.1 Å². The van der Waals surface area contributed by atoms with E-state index >= 15 is 0 Å². The van der Waals surface area contributed by atoms with Gasteiger partial charge in [-0.3, -0.25) is 9.69 Å². The molecular weight excluding hydrogens is 277 g/mol. The molecule has 0 bridgehead atoms. The Morgan fingerprint density at radius 3 is 2.65 bits per heavy atom. The molecule has 3 unspecified atom stereocenters. The number of carboxylic acids is 1. The van der Waals surface area contributed by atoms with Crippen LogP contribution in [-0.2, 0) is 9.53 Å². The van der Waals surface area contributed by atoms with E-state index in [1.807, 2.05) is 0 Å². The molecule has 1 fully saturated rings. The van der Waals surface area contributed by atoms with Crippen molar-refractivity contribution in [1.82, 2.24) is 4.90 Å². The number of hydrogen-bond donors (Lipinski definition) is 1. The minimum atomic E-state index is -4.61. The van der Waals surface area contributed by atoms with Crippen molar-refractivity contribution in [2.75, 3.05) is 26.3 Å². The SMILES string of the molecule is CCCN(CC(C#N)C(F)(F)F)C1COCC1C(=O)O. The van der Waals surface area contributed by atoms with Crippen LogP contribution < -0.4 is 0 Å². The van der Waals surface area contributed by atoms with Gasteiger partial charge in [0.2, 0.25) is 0 Å². The average molecular weight is 294 g/mol. The lowest BCUT2D eigenvalue weighted by Crippen LogP contribution is -2.47. The molecule has 1 aliphatic rings. The van der Waals surface area contributed by atoms with E-state index in [1.54, 1.807) is 6.92 Å². The van der Waals surface area contributed by atoms with E-state index in [1.165, 1.54) is 11.0 Å². The zero-order chi connectivity index (χ0) is 15.3. The van der Waals surface area contributed by atoms with Crippen LogP contribution in [-0.4, -0.2) is 54.5 Å². The largest absolute Gasteiger partial charge is 0.481 e. The lowest BCUT2D eigenvalue weighted by molar-refractivity contribution is -0.165. The zero-order valence-corrected chi connectivity index (χ0v) is 11.1. The van der Waals surface area contributed by atoms with E-state index in [4.69, 9.17) is 15.1 Å². The number of ether oxygens (including phenoxy) is 1. The number of halogens is 3. The molecule has 0 aromatic carbocycles. The summed E-state index contributed by atoms with van der Waals surface area (Å²) in [5.41, 5.74) is 0. The van der Waals surface area contributed by atoms with E-state index in [0.29, 0.717) is 13.0 Å². The topological polar surface area (TPSA) is 73.6 Å². The number of aliphatic carboxylic acids is 1. The number of nitriles is 1. The first kappa shape index (κ1) is 16.7. The van der Waals surface area contributed by atoms with Gasteiger partial charge in [-0.1, -0.05) is 6.92 Å². The Hall–Kier alpha value is -1.33. The molecule has 1 heterocycles. The Labute approximate surface area is 114 Å². The Kier molecular flexibility index (Phi) is 5.77. The van der Waals surface area contributed by atoms with Crippen molar-refractivity contribution in [3.63, 3.8) is 0 Å². The molecule has 1 N–H and O–H groups in total. The average Bonchev–Trinajstić information content (AvgIpc) is 2.81. The molecule has 8 heteroatoms. The first-order valence-corrected chi connectivity index (χ1v) is 6.32. The molecule has 1 rings (SSSR count). The molecule has 0 aromatic rings. The second kappa shape index (κ2) is 6.90. The molecule has 20 heavy (non-hydrogen) atoms. The standard InChI is InChI=1S/C12H17F3N2O3/c1-2-3-17(5-8(4-16)12(13,14)15)10-7-20-6-9(10)11(18)19/h8-10H,2-3,5-7H2,1H3,(H,18,19). The molecular formula is C12H17F3N2O3. The third-order valence-corrected chi connectivity index (χ3v) is 3.32. The molecule has 1 aliphatic heterocycles. The van der Waals surface area contributed by atoms with E-state index in [9.17, 15) is 18.0 Å². The third-order valence-electron chi connectivity index (χ3n) is 3.32. The molecule has 5 nitrogen and oxygen atoms in total. The molecule has 3 atom stereocenters. The Bertz CT molecular complexity index is 381. The van der Waals surface area contributed by atoms with Crippen LogP contribution in [0.3, 0.4) is 0 Å². The first-order chi connectivity index (χ1) is 9.31. The van der Waals surface area contributed by atoms with Crippen molar-refractivity contribution in [2.24, 2.45) is 11.8 Å². The Balaban J connectivity index is 2.83. The summed E-state index contributed by atoms with van der Waals surface area (Å²) in [5.74, 6) is -4.06. The minimum absolute atomic E-state index is 0.0105. The Morgan fingerprint density at radius 1 is 1.55 bits per heavy atom. The smallest absolute Gasteiger partial charge is 0.405 e. The van der Waals surface area contributed by atoms with E-state index in [-0.39, 0.29) is 13.2 Å². The van der Waals surface area contributed by atoms with Gasteiger partial charge in [0.1, 0.15) is 0 Å². The monoisotopic (exact) mass is 294 g/mol. The summed E-state index contributed by atoms with van der Waals surface area (Å²) in [4.78, 5) is 12.5. The van der Waals surface area contributed by atoms with Crippen molar-refractivity contribution in [1.29, 1.82) is 5.26 Å². The fraction of sp³-hybridized carbons (Fsp3) is 0.833. The third kappa shape index (κ3) is 4.08. The van der Waals surface area contributed by atoms with Gasteiger partial charge in [-0.05, 0) is 13.0 Å². The summed E-state index contributed by atoms with van der Waals surface area (Å²) in [6.45, 7) is 1.63. The summed E-state index contributed by atoms with van der Waals surface area (Å²) in [5, 5.41) is 17.7. The summed E-state index contributed by atoms with van der Waals surface area (Å²) in [6.07, 6.45) is -4.04. The molecule has 0 aliphatic carbocycles. The van der Waals surface area contributed by atoms with Crippen molar-refractivity contribution in [3.8, 4) is 6.07 Å². The fourth-order valence-corrected chi connectivity index (χ4v) is 2.27. The molecule has 1 saturated heterocycles. The summed E-state index contributed by atoms with van der Waals surface area (Å²) < 4.78 is 43.1. The van der Waals surface area contributed by atoms with Crippen LogP contribution in [0.2, 0.25) is 0 Å². The summed E-state index contributed by atoms with van der Waals surface area (Å²) in [6, 6.07) is 0.624. The molecule has 0 saturated carbocycles. The van der Waals surface area contributed by atoms with Crippen molar-refractivity contribution < 1.29 is 27.8 Å². The van der Waals surface area contributed by atoms with Crippen LogP contribution in [0.25, 0.3) is 0 Å². The van der Waals surface area contributed by atoms with E-state index in [0.717, 1.165) is 0 Å². The maximum absolute atomic E-state index is 12.7. The minimum Gasteiger partial charge on any atom is -0.481 e. The number of carbonyl (C=O) groups is 1. The van der Waals surface area contributed by atoms with Crippen LogP contribution in [0.1, 0.15) is 13.3 Å². The fourth-order valence-electron chi connectivity index (χ4n) is 2.27. The van der Waals surface area contributed by atoms with Crippen LogP contribution in [0.15, 0.2) is 0 Å². The number of nitrogens with zero attached hydrogens (tertiary/aromatic N) is 2. The lowest BCUT2D eigenvalue weighted by atomic mass is 10.00. The predicted octanol–water partition coefficient (Wildman–Crippen LogP) is 1.50. The second-order valence-corrected chi connectivity index (χ2v) is 4.77. The normalized spacial score (nSPS) is 24.6. The number of alkyl halides is 3.